The average molecular weight is 596 g/mol. The summed E-state index contributed by atoms with van der Waals surface area (Å²) in [6, 6.07) is 7.97. The van der Waals surface area contributed by atoms with Gasteiger partial charge in [-0.2, -0.15) is 13.2 Å². The number of hydrogen-bond donors (Lipinski definition) is 2. The van der Waals surface area contributed by atoms with Gasteiger partial charge in [0.05, 0.1) is 17.2 Å². The molecule has 0 spiro atoms. The molecule has 1 amide bonds. The molecule has 2 atom stereocenters. The van der Waals surface area contributed by atoms with Crippen LogP contribution in [0.5, 0.6) is 0 Å². The maximum Gasteiger partial charge on any atom is 0.416 e. The minimum atomic E-state index is -4.43. The summed E-state index contributed by atoms with van der Waals surface area (Å²) < 4.78 is 39.6. The van der Waals surface area contributed by atoms with Gasteiger partial charge in [-0.1, -0.05) is 0 Å². The van der Waals surface area contributed by atoms with Crippen molar-refractivity contribution in [3.63, 3.8) is 0 Å². The van der Waals surface area contributed by atoms with Crippen molar-refractivity contribution >= 4 is 11.7 Å². The Kier molecular flexibility index (Phi) is 8.32. The Balaban J connectivity index is 0.989. The van der Waals surface area contributed by atoms with Gasteiger partial charge in [-0.25, -0.2) is 15.0 Å². The first-order valence-corrected chi connectivity index (χ1v) is 15.0. The number of piperidine rings is 1. The molecule has 12 heteroatoms. The first kappa shape index (κ1) is 29.4. The number of carbonyl (C=O) groups is 1. The van der Waals surface area contributed by atoms with E-state index in [2.05, 4.69) is 25.3 Å². The highest BCUT2D eigenvalue weighted by molar-refractivity contribution is 5.80. The standard InChI is InChI=1S/C31H36F3N7O2/c32-31(33,34)23-8-14-35-27(17-23)40-15-1-3-22(19-40)29(42)41-16-9-25(20-41)39-24-6-10-30(43,11-7-24)26-5-4-21(18-38-26)28-36-12-2-13-37-28/h2,4-5,8,12-14,17-18,22,24-25,39,43H,1,3,6-7,9-11,15-16,19-20H2/t22-,24?,25?,30?/m0/s1. The normalized spacial score (nSPS) is 26.5. The van der Waals surface area contributed by atoms with E-state index in [1.807, 2.05) is 17.0 Å². The number of pyridine rings is 2. The second-order valence-electron chi connectivity index (χ2n) is 11.9. The number of hydrogen-bond acceptors (Lipinski definition) is 8. The van der Waals surface area contributed by atoms with Crippen LogP contribution in [-0.2, 0) is 16.6 Å². The molecule has 2 saturated heterocycles. The zero-order chi connectivity index (χ0) is 30.0. The third-order valence-corrected chi connectivity index (χ3v) is 9.02. The predicted molar refractivity (Wildman–Crippen MR) is 154 cm³/mol. The molecular weight excluding hydrogens is 559 g/mol. The monoisotopic (exact) mass is 595 g/mol. The summed E-state index contributed by atoms with van der Waals surface area (Å²) in [7, 11) is 0. The van der Waals surface area contributed by atoms with Crippen LogP contribution in [-0.4, -0.2) is 74.1 Å². The van der Waals surface area contributed by atoms with Gasteiger partial charge in [-0.3, -0.25) is 9.78 Å². The molecule has 2 aliphatic heterocycles. The SMILES string of the molecule is O=C([C@H]1CCCN(c2cc(C(F)(F)F)ccn2)C1)N1CCC(NC2CCC(O)(c3ccc(-c4ncccn4)cn3)CC2)C1. The molecule has 5 heterocycles. The topological polar surface area (TPSA) is 107 Å². The Morgan fingerprint density at radius 3 is 2.44 bits per heavy atom. The molecule has 0 radical (unpaired) electrons. The lowest BCUT2D eigenvalue weighted by atomic mass is 9.79. The quantitative estimate of drug-likeness (QED) is 0.437. The fourth-order valence-electron chi connectivity index (χ4n) is 6.61. The number of carbonyl (C=O) groups excluding carboxylic acids is 1. The molecule has 6 rings (SSSR count). The predicted octanol–water partition coefficient (Wildman–Crippen LogP) is 4.19. The lowest BCUT2D eigenvalue weighted by Gasteiger charge is -2.37. The van der Waals surface area contributed by atoms with Gasteiger partial charge in [0.2, 0.25) is 5.91 Å². The maximum absolute atomic E-state index is 13.4. The molecule has 1 saturated carbocycles. The minimum Gasteiger partial charge on any atom is -0.384 e. The first-order valence-electron chi connectivity index (χ1n) is 15.0. The van der Waals surface area contributed by atoms with Crippen LogP contribution < -0.4 is 10.2 Å². The van der Waals surface area contributed by atoms with E-state index < -0.39 is 17.3 Å². The highest BCUT2D eigenvalue weighted by atomic mass is 19.4. The average Bonchev–Trinajstić information content (AvgIpc) is 3.50. The maximum atomic E-state index is 13.4. The van der Waals surface area contributed by atoms with Gasteiger partial charge in [0, 0.05) is 68.6 Å². The van der Waals surface area contributed by atoms with Crippen LogP contribution in [0.25, 0.3) is 11.4 Å². The summed E-state index contributed by atoms with van der Waals surface area (Å²) in [6.45, 7) is 2.23. The number of amides is 1. The van der Waals surface area contributed by atoms with Crippen molar-refractivity contribution in [2.75, 3.05) is 31.1 Å². The van der Waals surface area contributed by atoms with E-state index in [0.29, 0.717) is 50.5 Å². The number of anilines is 1. The Bertz CT molecular complexity index is 1400. The second-order valence-corrected chi connectivity index (χ2v) is 11.9. The zero-order valence-electron chi connectivity index (χ0n) is 23.9. The Morgan fingerprint density at radius 1 is 0.930 bits per heavy atom. The van der Waals surface area contributed by atoms with Crippen LogP contribution in [0.15, 0.2) is 55.1 Å². The van der Waals surface area contributed by atoms with E-state index in [1.165, 1.54) is 6.20 Å². The van der Waals surface area contributed by atoms with Gasteiger partial charge in [0.15, 0.2) is 5.82 Å². The molecule has 3 aliphatic rings. The molecule has 43 heavy (non-hydrogen) atoms. The summed E-state index contributed by atoms with van der Waals surface area (Å²) in [4.78, 5) is 34.3. The van der Waals surface area contributed by atoms with Gasteiger partial charge in [-0.05, 0) is 75.3 Å². The molecular formula is C31H36F3N7O2. The van der Waals surface area contributed by atoms with Crippen molar-refractivity contribution in [3.05, 3.63) is 66.4 Å². The van der Waals surface area contributed by atoms with Crippen LogP contribution in [0.1, 0.15) is 56.2 Å². The third kappa shape index (κ3) is 6.65. The lowest BCUT2D eigenvalue weighted by molar-refractivity contribution is -0.137. The van der Waals surface area contributed by atoms with E-state index in [9.17, 15) is 23.1 Å². The fourth-order valence-corrected chi connectivity index (χ4v) is 6.61. The summed E-state index contributed by atoms with van der Waals surface area (Å²) in [5, 5.41) is 15.1. The number of aromatic nitrogens is 4. The van der Waals surface area contributed by atoms with E-state index in [0.717, 1.165) is 49.8 Å². The number of rotatable bonds is 6. The lowest BCUT2D eigenvalue weighted by Crippen LogP contribution is -2.47. The molecule has 9 nitrogen and oxygen atoms in total. The molecule has 0 aromatic carbocycles. The molecule has 0 bridgehead atoms. The number of aliphatic hydroxyl groups is 1. The van der Waals surface area contributed by atoms with Gasteiger partial charge >= 0.3 is 6.18 Å². The Morgan fingerprint density at radius 2 is 1.72 bits per heavy atom. The van der Waals surface area contributed by atoms with E-state index in [-0.39, 0.29) is 29.7 Å². The Hall–Kier alpha value is -3.64. The molecule has 1 unspecified atom stereocenters. The van der Waals surface area contributed by atoms with Crippen molar-refractivity contribution in [2.24, 2.45) is 5.92 Å². The van der Waals surface area contributed by atoms with E-state index in [1.54, 1.807) is 29.6 Å². The smallest absolute Gasteiger partial charge is 0.384 e. The second kappa shape index (κ2) is 12.2. The van der Waals surface area contributed by atoms with Gasteiger partial charge in [0.1, 0.15) is 11.4 Å². The van der Waals surface area contributed by atoms with Gasteiger partial charge in [-0.15, -0.1) is 0 Å². The molecule has 3 aromatic rings. The van der Waals surface area contributed by atoms with Crippen molar-refractivity contribution in [3.8, 4) is 11.4 Å². The van der Waals surface area contributed by atoms with Crippen LogP contribution in [0.2, 0.25) is 0 Å². The molecule has 3 aromatic heterocycles. The molecule has 228 valence electrons. The van der Waals surface area contributed by atoms with Gasteiger partial charge in [0.25, 0.3) is 0 Å². The minimum absolute atomic E-state index is 0.0643. The van der Waals surface area contributed by atoms with Crippen molar-refractivity contribution in [2.45, 2.75) is 68.8 Å². The third-order valence-electron chi connectivity index (χ3n) is 9.02. The summed E-state index contributed by atoms with van der Waals surface area (Å²) >= 11 is 0. The van der Waals surface area contributed by atoms with Gasteiger partial charge < -0.3 is 20.2 Å². The first-order chi connectivity index (χ1) is 20.7. The number of likely N-dealkylation sites (tertiary alicyclic amines) is 1. The number of nitrogens with zero attached hydrogens (tertiary/aromatic N) is 6. The van der Waals surface area contributed by atoms with Crippen LogP contribution in [0, 0.1) is 5.92 Å². The van der Waals surface area contributed by atoms with Crippen molar-refractivity contribution < 1.29 is 23.1 Å². The fraction of sp³-hybridized carbons (Fsp3) is 0.516. The number of nitrogens with one attached hydrogen (secondary N) is 1. The largest absolute Gasteiger partial charge is 0.416 e. The van der Waals surface area contributed by atoms with Crippen molar-refractivity contribution in [1.29, 1.82) is 0 Å². The summed E-state index contributed by atoms with van der Waals surface area (Å²) in [5.74, 6) is 0.663. The summed E-state index contributed by atoms with van der Waals surface area (Å²) in [5.41, 5.74) is -0.248. The summed E-state index contributed by atoms with van der Waals surface area (Å²) in [6.07, 6.45) is 6.91. The van der Waals surface area contributed by atoms with Crippen LogP contribution >= 0.6 is 0 Å². The number of halogens is 3. The molecule has 3 fully saturated rings. The Labute approximate surface area is 248 Å². The van der Waals surface area contributed by atoms with Crippen molar-refractivity contribution in [1.82, 2.24) is 30.2 Å². The number of alkyl halides is 3. The van der Waals surface area contributed by atoms with Crippen LogP contribution in [0.4, 0.5) is 19.0 Å². The molecule has 2 N–H and O–H groups in total. The van der Waals surface area contributed by atoms with E-state index >= 15 is 0 Å². The highest BCUT2D eigenvalue weighted by Crippen LogP contribution is 2.37. The zero-order valence-corrected chi connectivity index (χ0v) is 23.9. The van der Waals surface area contributed by atoms with E-state index in [4.69, 9.17) is 0 Å². The highest BCUT2D eigenvalue weighted by Gasteiger charge is 2.39. The molecule has 1 aliphatic carbocycles. The van der Waals surface area contributed by atoms with Crippen LogP contribution in [0.3, 0.4) is 0 Å².